The van der Waals surface area contributed by atoms with Crippen LogP contribution < -0.4 is 10.6 Å². The van der Waals surface area contributed by atoms with Crippen molar-refractivity contribution in [1.29, 1.82) is 0 Å². The van der Waals surface area contributed by atoms with Crippen molar-refractivity contribution in [3.8, 4) is 0 Å². The first-order chi connectivity index (χ1) is 18.7. The normalized spacial score (nSPS) is 25.3. The van der Waals surface area contributed by atoms with Gasteiger partial charge in [0.15, 0.2) is 5.78 Å². The molecule has 0 radical (unpaired) electrons. The van der Waals surface area contributed by atoms with Crippen LogP contribution in [0, 0.1) is 17.8 Å². The van der Waals surface area contributed by atoms with E-state index >= 15 is 0 Å². The fourth-order valence-electron chi connectivity index (χ4n) is 6.19. The summed E-state index contributed by atoms with van der Waals surface area (Å²) in [7, 11) is -3.84. The van der Waals surface area contributed by atoms with Gasteiger partial charge in [-0.2, -0.15) is 0 Å². The molecule has 3 heterocycles. The molecule has 1 aromatic carbocycles. The molecule has 208 valence electrons. The molecule has 2 aromatic rings. The van der Waals surface area contributed by atoms with Crippen LogP contribution in [0.3, 0.4) is 0 Å². The second-order valence-corrected chi connectivity index (χ2v) is 12.5. The summed E-state index contributed by atoms with van der Waals surface area (Å²) in [4.78, 5) is 56.1. The third-order valence-electron chi connectivity index (χ3n) is 8.21. The van der Waals surface area contributed by atoms with Gasteiger partial charge in [0.1, 0.15) is 18.3 Å². The number of amides is 3. The predicted octanol–water partition coefficient (Wildman–Crippen LogP) is 0.661. The fourth-order valence-corrected chi connectivity index (χ4v) is 7.46. The zero-order valence-corrected chi connectivity index (χ0v) is 22.2. The summed E-state index contributed by atoms with van der Waals surface area (Å²) in [5.74, 6) is -2.24. The molecule has 1 aliphatic carbocycles. The van der Waals surface area contributed by atoms with Crippen LogP contribution in [-0.4, -0.2) is 78.7 Å². The highest BCUT2D eigenvalue weighted by Crippen LogP contribution is 2.43. The van der Waals surface area contributed by atoms with Gasteiger partial charge in [-0.1, -0.05) is 24.6 Å². The quantitative estimate of drug-likeness (QED) is 0.352. The zero-order chi connectivity index (χ0) is 27.7. The smallest absolute Gasteiger partial charge is 0.271 e. The Balaban J connectivity index is 1.37. The standard InChI is InChI=1S/C27H32N4O7S/c32-15-23(33)21(11-16-9-10-28-25(16)34)30-26(35)24-20-8-4-5-17(20)14-31(24)27(36)22-12-19(13-29-22)39(37,38)18-6-2-1-3-7-18/h1-3,6-7,12-13,16-17,20-21,24,29,32H,4-5,8-11,14-15H2,(H,28,34)(H,30,35)/t16-,17-,20-,21?,24-/m0/s1. The molecule has 5 atom stereocenters. The lowest BCUT2D eigenvalue weighted by Crippen LogP contribution is -2.53. The lowest BCUT2D eigenvalue weighted by Gasteiger charge is -2.29. The largest absolute Gasteiger partial charge is 0.389 e. The van der Waals surface area contributed by atoms with Crippen LogP contribution >= 0.6 is 0 Å². The molecule has 2 aliphatic heterocycles. The maximum atomic E-state index is 13.6. The molecule has 11 nitrogen and oxygen atoms in total. The molecule has 0 bridgehead atoms. The number of aliphatic hydroxyl groups is 1. The maximum Gasteiger partial charge on any atom is 0.271 e. The van der Waals surface area contributed by atoms with Crippen molar-refractivity contribution in [3.63, 3.8) is 0 Å². The number of nitrogens with one attached hydrogen (secondary N) is 3. The number of aromatic amines is 1. The van der Waals surface area contributed by atoms with Crippen LogP contribution in [0.5, 0.6) is 0 Å². The van der Waals surface area contributed by atoms with E-state index in [1.165, 1.54) is 29.3 Å². The number of hydrogen-bond acceptors (Lipinski definition) is 7. The summed E-state index contributed by atoms with van der Waals surface area (Å²) in [5.41, 5.74) is 0.0490. The summed E-state index contributed by atoms with van der Waals surface area (Å²) in [6.07, 6.45) is 4.40. The van der Waals surface area contributed by atoms with E-state index in [9.17, 15) is 32.7 Å². The Morgan fingerprint density at radius 2 is 1.87 bits per heavy atom. The van der Waals surface area contributed by atoms with E-state index in [1.54, 1.807) is 18.2 Å². The summed E-state index contributed by atoms with van der Waals surface area (Å²) in [5, 5.41) is 14.9. The number of sulfone groups is 1. The molecule has 1 unspecified atom stereocenters. The van der Waals surface area contributed by atoms with Crippen molar-refractivity contribution < 1.29 is 32.7 Å². The average Bonchev–Trinajstić information content (AvgIpc) is 3.73. The predicted molar refractivity (Wildman–Crippen MR) is 138 cm³/mol. The molecular formula is C27H32N4O7S. The molecular weight excluding hydrogens is 524 g/mol. The first kappa shape index (κ1) is 27.1. The third-order valence-corrected chi connectivity index (χ3v) is 9.96. The van der Waals surface area contributed by atoms with Crippen LogP contribution in [0.2, 0.25) is 0 Å². The number of fused-ring (bicyclic) bond motifs is 1. The van der Waals surface area contributed by atoms with Gasteiger partial charge in [0, 0.05) is 25.2 Å². The summed E-state index contributed by atoms with van der Waals surface area (Å²) < 4.78 is 26.0. The van der Waals surface area contributed by atoms with Gasteiger partial charge in [0.2, 0.25) is 21.7 Å². The highest BCUT2D eigenvalue weighted by molar-refractivity contribution is 7.91. The molecule has 39 heavy (non-hydrogen) atoms. The number of Topliss-reactive ketones (excluding diaryl/α,β-unsaturated/α-hetero) is 1. The Kier molecular flexibility index (Phi) is 7.59. The van der Waals surface area contributed by atoms with Crippen molar-refractivity contribution in [3.05, 3.63) is 48.3 Å². The van der Waals surface area contributed by atoms with Crippen molar-refractivity contribution in [1.82, 2.24) is 20.5 Å². The van der Waals surface area contributed by atoms with Gasteiger partial charge in [-0.25, -0.2) is 8.42 Å². The van der Waals surface area contributed by atoms with Crippen LogP contribution in [0.4, 0.5) is 0 Å². The molecule has 1 aromatic heterocycles. The molecule has 3 fully saturated rings. The number of H-pyrrole nitrogens is 1. The Bertz CT molecular complexity index is 1370. The molecule has 12 heteroatoms. The van der Waals surface area contributed by atoms with E-state index < -0.39 is 52.0 Å². The van der Waals surface area contributed by atoms with Gasteiger partial charge in [-0.15, -0.1) is 0 Å². The molecule has 3 amide bonds. The highest BCUT2D eigenvalue weighted by Gasteiger charge is 2.50. The van der Waals surface area contributed by atoms with Gasteiger partial charge >= 0.3 is 0 Å². The Hall–Kier alpha value is -3.51. The minimum Gasteiger partial charge on any atom is -0.389 e. The van der Waals surface area contributed by atoms with Crippen LogP contribution in [0.15, 0.2) is 52.4 Å². The summed E-state index contributed by atoms with van der Waals surface area (Å²) in [6, 6.07) is 7.27. The number of nitrogens with zero attached hydrogens (tertiary/aromatic N) is 1. The SMILES string of the molecule is O=C(CO)C(C[C@@H]1CCNC1=O)NC(=O)[C@@H]1[C@H]2CCC[C@H]2CN1C(=O)c1cc(S(=O)(=O)c2ccccc2)c[nH]1. The lowest BCUT2D eigenvalue weighted by atomic mass is 9.92. The maximum absolute atomic E-state index is 13.6. The first-order valence-corrected chi connectivity index (χ1v) is 14.7. The monoisotopic (exact) mass is 556 g/mol. The fraction of sp³-hybridized carbons (Fsp3) is 0.481. The van der Waals surface area contributed by atoms with E-state index in [1.807, 2.05) is 0 Å². The number of likely N-dealkylation sites (tertiary alicyclic amines) is 1. The molecule has 3 aliphatic rings. The van der Waals surface area contributed by atoms with Crippen molar-refractivity contribution in [2.24, 2.45) is 17.8 Å². The van der Waals surface area contributed by atoms with E-state index in [0.29, 0.717) is 19.5 Å². The number of ketones is 1. The zero-order valence-electron chi connectivity index (χ0n) is 21.3. The Labute approximate surface area is 226 Å². The van der Waals surface area contributed by atoms with E-state index in [0.717, 1.165) is 19.3 Å². The number of rotatable bonds is 9. The van der Waals surface area contributed by atoms with Crippen LogP contribution in [0.1, 0.15) is 42.6 Å². The van der Waals surface area contributed by atoms with Crippen molar-refractivity contribution in [2.75, 3.05) is 19.7 Å². The molecule has 0 spiro atoms. The highest BCUT2D eigenvalue weighted by atomic mass is 32.2. The summed E-state index contributed by atoms with van der Waals surface area (Å²) >= 11 is 0. The molecule has 4 N–H and O–H groups in total. The summed E-state index contributed by atoms with van der Waals surface area (Å²) in [6.45, 7) is 0.0507. The molecule has 1 saturated carbocycles. The number of aromatic nitrogens is 1. The van der Waals surface area contributed by atoms with Gasteiger partial charge < -0.3 is 25.6 Å². The van der Waals surface area contributed by atoms with E-state index in [-0.39, 0.29) is 39.6 Å². The minimum atomic E-state index is -3.84. The van der Waals surface area contributed by atoms with E-state index in [4.69, 9.17) is 0 Å². The van der Waals surface area contributed by atoms with E-state index in [2.05, 4.69) is 15.6 Å². The Morgan fingerprint density at radius 1 is 1.10 bits per heavy atom. The average molecular weight is 557 g/mol. The van der Waals surface area contributed by atoms with Gasteiger partial charge in [-0.3, -0.25) is 19.2 Å². The number of aliphatic hydroxyl groups excluding tert-OH is 1. The van der Waals surface area contributed by atoms with Gasteiger partial charge in [-0.05, 0) is 55.7 Å². The van der Waals surface area contributed by atoms with Crippen molar-refractivity contribution in [2.45, 2.75) is 54.0 Å². The second kappa shape index (κ2) is 10.9. The van der Waals surface area contributed by atoms with Gasteiger partial charge in [0.25, 0.3) is 5.91 Å². The van der Waals surface area contributed by atoms with Gasteiger partial charge in [0.05, 0.1) is 15.8 Å². The second-order valence-electron chi connectivity index (χ2n) is 10.5. The van der Waals surface area contributed by atoms with Crippen LogP contribution in [0.25, 0.3) is 0 Å². The number of carbonyl (C=O) groups excluding carboxylic acids is 4. The number of carbonyl (C=O) groups is 4. The topological polar surface area (TPSA) is 166 Å². The Morgan fingerprint density at radius 3 is 2.56 bits per heavy atom. The molecule has 5 rings (SSSR count). The number of hydrogen-bond donors (Lipinski definition) is 4. The van der Waals surface area contributed by atoms with Crippen molar-refractivity contribution >= 4 is 33.3 Å². The third kappa shape index (κ3) is 5.22. The minimum absolute atomic E-state index is 0.0490. The van der Waals surface area contributed by atoms with Crippen LogP contribution in [-0.2, 0) is 24.2 Å². The first-order valence-electron chi connectivity index (χ1n) is 13.2. The lowest BCUT2D eigenvalue weighted by molar-refractivity contribution is -0.133. The molecule has 2 saturated heterocycles. The number of benzene rings is 1.